The maximum Gasteiger partial charge on any atom is 0.451 e. The second-order valence-corrected chi connectivity index (χ2v) is 5.20. The first kappa shape index (κ1) is 15.4. The number of aryl methyl sites for hydroxylation is 1. The van der Waals surface area contributed by atoms with Crippen LogP contribution in [0.2, 0.25) is 0 Å². The Morgan fingerprint density at radius 1 is 1.24 bits per heavy atom. The lowest BCUT2D eigenvalue weighted by atomic mass is 10.3. The van der Waals surface area contributed by atoms with Gasteiger partial charge in [0.1, 0.15) is 11.6 Å². The van der Waals surface area contributed by atoms with Crippen molar-refractivity contribution >= 4 is 23.0 Å². The van der Waals surface area contributed by atoms with E-state index in [1.54, 1.807) is 0 Å². The van der Waals surface area contributed by atoms with Crippen LogP contribution in [-0.4, -0.2) is 21.5 Å². The number of halogens is 3. The summed E-state index contributed by atoms with van der Waals surface area (Å²) in [4.78, 5) is 11.0. The second kappa shape index (κ2) is 6.22. The number of rotatable bonds is 5. The molecule has 0 amide bonds. The summed E-state index contributed by atoms with van der Waals surface area (Å²) in [5.74, 6) is 3.81. The molecule has 0 bridgehead atoms. The van der Waals surface area contributed by atoms with Gasteiger partial charge < -0.3 is 10.7 Å². The Kier molecular flexibility index (Phi) is 4.58. The quantitative estimate of drug-likeness (QED) is 0.578. The highest BCUT2D eigenvalue weighted by atomic mass is 32.1. The molecule has 0 aliphatic heterocycles. The molecule has 0 aliphatic carbocycles. The zero-order valence-electron chi connectivity index (χ0n) is 11.0. The van der Waals surface area contributed by atoms with Crippen LogP contribution in [0.4, 0.5) is 24.8 Å². The Labute approximate surface area is 122 Å². The number of nitrogens with zero attached hydrogens (tertiary/aromatic N) is 3. The van der Waals surface area contributed by atoms with Gasteiger partial charge in [-0.05, 0) is 6.92 Å². The molecule has 0 saturated heterocycles. The summed E-state index contributed by atoms with van der Waals surface area (Å²) in [6.45, 7) is 2.29. The van der Waals surface area contributed by atoms with E-state index in [9.17, 15) is 13.2 Å². The number of alkyl halides is 3. The Hall–Kier alpha value is -1.94. The van der Waals surface area contributed by atoms with Crippen LogP contribution in [0.15, 0.2) is 11.4 Å². The maximum atomic E-state index is 12.6. The number of nitrogens with two attached hydrogens (primary N) is 1. The summed E-state index contributed by atoms with van der Waals surface area (Å²) in [5.41, 5.74) is 2.97. The van der Waals surface area contributed by atoms with Gasteiger partial charge in [0.2, 0.25) is 5.82 Å². The first-order chi connectivity index (χ1) is 9.88. The van der Waals surface area contributed by atoms with Crippen molar-refractivity contribution < 1.29 is 13.2 Å². The average Bonchev–Trinajstić information content (AvgIpc) is 2.83. The molecule has 0 spiro atoms. The molecule has 0 atom stereocenters. The number of aromatic nitrogens is 3. The van der Waals surface area contributed by atoms with Crippen LogP contribution in [0.1, 0.15) is 16.5 Å². The Morgan fingerprint density at radius 2 is 1.95 bits per heavy atom. The molecule has 2 rings (SSSR count). The van der Waals surface area contributed by atoms with Crippen LogP contribution in [0.5, 0.6) is 0 Å². The summed E-state index contributed by atoms with van der Waals surface area (Å²) in [7, 11) is 0. The Bertz CT molecular complexity index is 612. The highest BCUT2D eigenvalue weighted by Gasteiger charge is 2.35. The highest BCUT2D eigenvalue weighted by molar-refractivity contribution is 7.09. The van der Waals surface area contributed by atoms with Gasteiger partial charge in [-0.2, -0.15) is 13.2 Å². The lowest BCUT2D eigenvalue weighted by molar-refractivity contribution is -0.144. The van der Waals surface area contributed by atoms with Crippen molar-refractivity contribution in [1.82, 2.24) is 15.0 Å². The van der Waals surface area contributed by atoms with Gasteiger partial charge in [-0.3, -0.25) is 0 Å². The fraction of sp³-hybridized carbons (Fsp3) is 0.364. The van der Waals surface area contributed by atoms with Gasteiger partial charge in [0.05, 0.1) is 10.7 Å². The highest BCUT2D eigenvalue weighted by Crippen LogP contribution is 2.28. The van der Waals surface area contributed by atoms with E-state index in [4.69, 9.17) is 5.84 Å². The molecule has 0 saturated carbocycles. The van der Waals surface area contributed by atoms with Gasteiger partial charge in [0.25, 0.3) is 0 Å². The first-order valence-electron chi connectivity index (χ1n) is 5.96. The molecule has 0 aromatic carbocycles. The minimum absolute atomic E-state index is 0.0530. The zero-order chi connectivity index (χ0) is 15.5. The average molecular weight is 318 g/mol. The number of nitrogen functional groups attached to an aromatic ring is 1. The van der Waals surface area contributed by atoms with E-state index in [-0.39, 0.29) is 11.6 Å². The molecule has 0 aliphatic rings. The fourth-order valence-corrected chi connectivity index (χ4v) is 2.23. The lowest BCUT2D eigenvalue weighted by Crippen LogP contribution is -2.17. The molecule has 0 radical (unpaired) electrons. The van der Waals surface area contributed by atoms with Crippen LogP contribution in [0.3, 0.4) is 0 Å². The van der Waals surface area contributed by atoms with E-state index < -0.39 is 12.0 Å². The Balaban J connectivity index is 2.05. The topological polar surface area (TPSA) is 88.8 Å². The molecule has 4 N–H and O–H groups in total. The van der Waals surface area contributed by atoms with E-state index >= 15 is 0 Å². The van der Waals surface area contributed by atoms with Crippen molar-refractivity contribution in [3.63, 3.8) is 0 Å². The summed E-state index contributed by atoms with van der Waals surface area (Å²) in [6, 6.07) is 1.31. The summed E-state index contributed by atoms with van der Waals surface area (Å²) in [5, 5.41) is 5.66. The van der Waals surface area contributed by atoms with Crippen molar-refractivity contribution in [2.75, 3.05) is 17.3 Å². The Morgan fingerprint density at radius 3 is 2.52 bits per heavy atom. The number of hydrogen-bond acceptors (Lipinski definition) is 7. The van der Waals surface area contributed by atoms with Crippen molar-refractivity contribution in [2.24, 2.45) is 5.84 Å². The monoisotopic (exact) mass is 318 g/mol. The van der Waals surface area contributed by atoms with Crippen LogP contribution in [0, 0.1) is 6.92 Å². The largest absolute Gasteiger partial charge is 0.451 e. The molecule has 6 nitrogen and oxygen atoms in total. The minimum atomic E-state index is -4.63. The first-order valence-corrected chi connectivity index (χ1v) is 6.84. The van der Waals surface area contributed by atoms with Gasteiger partial charge in [0.15, 0.2) is 0 Å². The number of anilines is 2. The predicted octanol–water partition coefficient (Wildman–Crippen LogP) is 2.20. The molecule has 21 heavy (non-hydrogen) atoms. The van der Waals surface area contributed by atoms with Gasteiger partial charge in [-0.1, -0.05) is 0 Å². The summed E-state index contributed by atoms with van der Waals surface area (Å²) in [6.07, 6.45) is -4.05. The molecule has 2 heterocycles. The van der Waals surface area contributed by atoms with Crippen LogP contribution >= 0.6 is 11.3 Å². The fourth-order valence-electron chi connectivity index (χ4n) is 1.58. The van der Waals surface area contributed by atoms with Crippen LogP contribution < -0.4 is 16.6 Å². The molecule has 114 valence electrons. The molecule has 2 aromatic heterocycles. The summed E-state index contributed by atoms with van der Waals surface area (Å²) >= 11 is 1.52. The molecular formula is C11H13F3N6S. The normalized spacial score (nSPS) is 11.5. The smallest absolute Gasteiger partial charge is 0.370 e. The van der Waals surface area contributed by atoms with E-state index in [1.807, 2.05) is 12.3 Å². The maximum absolute atomic E-state index is 12.6. The molecule has 0 unspecified atom stereocenters. The van der Waals surface area contributed by atoms with E-state index in [1.165, 1.54) is 17.4 Å². The number of nitrogens with one attached hydrogen (secondary N) is 2. The van der Waals surface area contributed by atoms with Gasteiger partial charge in [0, 0.05) is 24.4 Å². The SMILES string of the molecule is Cc1nc(CCNc2cc(NN)nc(C(F)(F)F)n2)cs1. The van der Waals surface area contributed by atoms with Gasteiger partial charge in [-0.15, -0.1) is 11.3 Å². The lowest BCUT2D eigenvalue weighted by Gasteiger charge is -2.11. The van der Waals surface area contributed by atoms with E-state index in [0.29, 0.717) is 13.0 Å². The van der Waals surface area contributed by atoms with Gasteiger partial charge >= 0.3 is 6.18 Å². The van der Waals surface area contributed by atoms with Crippen molar-refractivity contribution in [3.8, 4) is 0 Å². The van der Waals surface area contributed by atoms with E-state index in [2.05, 4.69) is 25.7 Å². The van der Waals surface area contributed by atoms with Crippen molar-refractivity contribution in [2.45, 2.75) is 19.5 Å². The third kappa shape index (κ3) is 4.26. The third-order valence-corrected chi connectivity index (χ3v) is 3.30. The molecule has 2 aromatic rings. The summed E-state index contributed by atoms with van der Waals surface area (Å²) < 4.78 is 37.9. The van der Waals surface area contributed by atoms with Crippen molar-refractivity contribution in [1.29, 1.82) is 0 Å². The minimum Gasteiger partial charge on any atom is -0.370 e. The van der Waals surface area contributed by atoms with Crippen LogP contribution in [-0.2, 0) is 12.6 Å². The number of hydrazine groups is 1. The van der Waals surface area contributed by atoms with E-state index in [0.717, 1.165) is 10.7 Å². The van der Waals surface area contributed by atoms with Crippen molar-refractivity contribution in [3.05, 3.63) is 28.0 Å². The second-order valence-electron chi connectivity index (χ2n) is 4.14. The zero-order valence-corrected chi connectivity index (χ0v) is 11.8. The molecule has 10 heteroatoms. The third-order valence-electron chi connectivity index (χ3n) is 2.48. The van der Waals surface area contributed by atoms with Crippen LogP contribution in [0.25, 0.3) is 0 Å². The predicted molar refractivity (Wildman–Crippen MR) is 73.9 cm³/mol. The molecular weight excluding hydrogens is 305 g/mol. The number of hydrogen-bond donors (Lipinski definition) is 3. The molecule has 0 fully saturated rings. The standard InChI is InChI=1S/C11H13F3N6S/c1-6-17-7(5-21-6)2-3-16-8-4-9(20-15)19-10(18-8)11(12,13)14/h4-5H,2-3,15H2,1H3,(H2,16,18,19,20). The van der Waals surface area contributed by atoms with Gasteiger partial charge in [-0.25, -0.2) is 20.8 Å². The number of thiazole rings is 1.